The van der Waals surface area contributed by atoms with Crippen molar-refractivity contribution in [3.8, 4) is 0 Å². The van der Waals surface area contributed by atoms with Gasteiger partial charge in [0, 0.05) is 12.5 Å². The van der Waals surface area contributed by atoms with Crippen LogP contribution in [-0.4, -0.2) is 25.0 Å². The number of hydrogen-bond acceptors (Lipinski definition) is 3. The summed E-state index contributed by atoms with van der Waals surface area (Å²) < 4.78 is 5.27. The van der Waals surface area contributed by atoms with E-state index < -0.39 is 0 Å². The Balaban J connectivity index is 1.87. The van der Waals surface area contributed by atoms with E-state index >= 15 is 0 Å². The van der Waals surface area contributed by atoms with E-state index in [-0.39, 0.29) is 17.7 Å². The van der Waals surface area contributed by atoms with Crippen LogP contribution < -0.4 is 5.73 Å². The van der Waals surface area contributed by atoms with Crippen LogP contribution in [0.25, 0.3) is 10.8 Å². The SMILES string of the molecule is NC1COCC1C(=O)Cc1cccc2ccccc12. The number of ether oxygens (including phenoxy) is 1. The molecule has 1 fully saturated rings. The number of nitrogens with two attached hydrogens (primary N) is 1. The van der Waals surface area contributed by atoms with Crippen LogP contribution in [0, 0.1) is 5.92 Å². The second-order valence-electron chi connectivity index (χ2n) is 5.09. The number of Topliss-reactive ketones (excluding diaryl/α,β-unsaturated/α-hetero) is 1. The van der Waals surface area contributed by atoms with Crippen molar-refractivity contribution in [2.75, 3.05) is 13.2 Å². The number of carbonyl (C=O) groups excluding carboxylic acids is 1. The van der Waals surface area contributed by atoms with E-state index in [0.29, 0.717) is 19.6 Å². The van der Waals surface area contributed by atoms with Gasteiger partial charge in [-0.3, -0.25) is 4.79 Å². The van der Waals surface area contributed by atoms with E-state index in [2.05, 4.69) is 18.2 Å². The van der Waals surface area contributed by atoms with Crippen molar-refractivity contribution in [3.63, 3.8) is 0 Å². The Morgan fingerprint density at radius 3 is 2.74 bits per heavy atom. The fraction of sp³-hybridized carbons (Fsp3) is 0.312. The van der Waals surface area contributed by atoms with Gasteiger partial charge in [0.1, 0.15) is 5.78 Å². The standard InChI is InChI=1S/C16H17NO2/c17-15-10-19-9-14(15)16(18)8-12-6-3-5-11-4-1-2-7-13(11)12/h1-7,14-15H,8-10,17H2. The molecule has 1 aliphatic rings. The Morgan fingerprint density at radius 2 is 1.95 bits per heavy atom. The third kappa shape index (κ3) is 2.39. The van der Waals surface area contributed by atoms with Gasteiger partial charge < -0.3 is 10.5 Å². The molecule has 0 saturated carbocycles. The number of rotatable bonds is 3. The molecule has 0 aromatic heterocycles. The second-order valence-corrected chi connectivity index (χ2v) is 5.09. The largest absolute Gasteiger partial charge is 0.379 e. The lowest BCUT2D eigenvalue weighted by Crippen LogP contribution is -2.34. The van der Waals surface area contributed by atoms with Gasteiger partial charge in [0.25, 0.3) is 0 Å². The highest BCUT2D eigenvalue weighted by atomic mass is 16.5. The molecule has 2 aromatic rings. The predicted molar refractivity (Wildman–Crippen MR) is 74.9 cm³/mol. The van der Waals surface area contributed by atoms with E-state index in [4.69, 9.17) is 10.5 Å². The van der Waals surface area contributed by atoms with Gasteiger partial charge in [-0.25, -0.2) is 0 Å². The zero-order valence-electron chi connectivity index (χ0n) is 10.7. The number of hydrogen-bond donors (Lipinski definition) is 1. The molecule has 1 saturated heterocycles. The molecule has 1 aliphatic heterocycles. The fourth-order valence-corrected chi connectivity index (χ4v) is 2.67. The molecule has 3 nitrogen and oxygen atoms in total. The van der Waals surface area contributed by atoms with Gasteiger partial charge in [-0.2, -0.15) is 0 Å². The summed E-state index contributed by atoms with van der Waals surface area (Å²) in [5, 5.41) is 2.31. The molecule has 3 heteroatoms. The lowest BCUT2D eigenvalue weighted by Gasteiger charge is -2.13. The van der Waals surface area contributed by atoms with Crippen molar-refractivity contribution in [2.45, 2.75) is 12.5 Å². The van der Waals surface area contributed by atoms with Crippen LogP contribution in [0.4, 0.5) is 0 Å². The zero-order chi connectivity index (χ0) is 13.2. The molecule has 0 radical (unpaired) electrons. The first kappa shape index (κ1) is 12.3. The predicted octanol–water partition coefficient (Wildman–Crippen LogP) is 1.93. The molecule has 2 aromatic carbocycles. The lowest BCUT2D eigenvalue weighted by atomic mass is 9.92. The Hall–Kier alpha value is -1.71. The summed E-state index contributed by atoms with van der Waals surface area (Å²) >= 11 is 0. The summed E-state index contributed by atoms with van der Waals surface area (Å²) in [7, 11) is 0. The van der Waals surface area contributed by atoms with Crippen molar-refractivity contribution in [1.29, 1.82) is 0 Å². The van der Waals surface area contributed by atoms with Crippen molar-refractivity contribution in [1.82, 2.24) is 0 Å². The average Bonchev–Trinajstić information content (AvgIpc) is 2.85. The smallest absolute Gasteiger partial charge is 0.144 e. The van der Waals surface area contributed by atoms with Gasteiger partial charge in [-0.15, -0.1) is 0 Å². The fourth-order valence-electron chi connectivity index (χ4n) is 2.67. The van der Waals surface area contributed by atoms with Gasteiger partial charge >= 0.3 is 0 Å². The minimum Gasteiger partial charge on any atom is -0.379 e. The van der Waals surface area contributed by atoms with Gasteiger partial charge in [0.15, 0.2) is 0 Å². The Labute approximate surface area is 112 Å². The molecule has 2 N–H and O–H groups in total. The number of fused-ring (bicyclic) bond motifs is 1. The minimum atomic E-state index is -0.154. The second kappa shape index (κ2) is 5.11. The quantitative estimate of drug-likeness (QED) is 0.911. The molecular formula is C16H17NO2. The first-order valence-electron chi connectivity index (χ1n) is 6.58. The molecule has 0 bridgehead atoms. The summed E-state index contributed by atoms with van der Waals surface area (Å²) in [6.45, 7) is 0.955. The molecule has 0 amide bonds. The molecule has 98 valence electrons. The van der Waals surface area contributed by atoms with Gasteiger partial charge in [-0.1, -0.05) is 42.5 Å². The summed E-state index contributed by atoms with van der Waals surface area (Å²) in [5.74, 6) is 0.0281. The van der Waals surface area contributed by atoms with Crippen molar-refractivity contribution in [3.05, 3.63) is 48.0 Å². The zero-order valence-corrected chi connectivity index (χ0v) is 10.7. The van der Waals surface area contributed by atoms with Gasteiger partial charge in [0.2, 0.25) is 0 Å². The van der Waals surface area contributed by atoms with Crippen LogP contribution in [-0.2, 0) is 16.0 Å². The topological polar surface area (TPSA) is 52.3 Å². The molecule has 0 spiro atoms. The molecular weight excluding hydrogens is 238 g/mol. The van der Waals surface area contributed by atoms with Crippen LogP contribution in [0.1, 0.15) is 5.56 Å². The van der Waals surface area contributed by atoms with Crippen molar-refractivity contribution >= 4 is 16.6 Å². The maximum atomic E-state index is 12.3. The summed E-state index contributed by atoms with van der Waals surface area (Å²) in [4.78, 5) is 12.3. The summed E-state index contributed by atoms with van der Waals surface area (Å²) in [6, 6.07) is 14.1. The highest BCUT2D eigenvalue weighted by Gasteiger charge is 2.31. The molecule has 2 unspecified atom stereocenters. The van der Waals surface area contributed by atoms with Crippen LogP contribution in [0.15, 0.2) is 42.5 Å². The molecule has 19 heavy (non-hydrogen) atoms. The molecule has 3 rings (SSSR count). The van der Waals surface area contributed by atoms with Crippen LogP contribution in [0.5, 0.6) is 0 Å². The van der Waals surface area contributed by atoms with Gasteiger partial charge in [0.05, 0.1) is 19.1 Å². The van der Waals surface area contributed by atoms with Crippen molar-refractivity contribution < 1.29 is 9.53 Å². The number of carbonyl (C=O) groups is 1. The third-order valence-corrected chi connectivity index (χ3v) is 3.78. The van der Waals surface area contributed by atoms with Crippen molar-refractivity contribution in [2.24, 2.45) is 11.7 Å². The molecule has 2 atom stereocenters. The highest BCUT2D eigenvalue weighted by molar-refractivity contribution is 5.92. The summed E-state index contributed by atoms with van der Waals surface area (Å²) in [5.41, 5.74) is 6.97. The maximum absolute atomic E-state index is 12.3. The first-order chi connectivity index (χ1) is 9.25. The summed E-state index contributed by atoms with van der Waals surface area (Å²) in [6.07, 6.45) is 0.434. The van der Waals surface area contributed by atoms with E-state index in [1.165, 1.54) is 5.39 Å². The van der Waals surface area contributed by atoms with E-state index in [9.17, 15) is 4.79 Å². The number of ketones is 1. The third-order valence-electron chi connectivity index (χ3n) is 3.78. The maximum Gasteiger partial charge on any atom is 0.144 e. The highest BCUT2D eigenvalue weighted by Crippen LogP contribution is 2.21. The van der Waals surface area contributed by atoms with E-state index in [1.807, 2.05) is 24.3 Å². The average molecular weight is 255 g/mol. The van der Waals surface area contributed by atoms with E-state index in [1.54, 1.807) is 0 Å². The van der Waals surface area contributed by atoms with Crippen LogP contribution in [0.3, 0.4) is 0 Å². The lowest BCUT2D eigenvalue weighted by molar-refractivity contribution is -0.122. The normalized spacial score (nSPS) is 22.8. The van der Waals surface area contributed by atoms with Gasteiger partial charge in [-0.05, 0) is 16.3 Å². The monoisotopic (exact) mass is 255 g/mol. The Kier molecular flexibility index (Phi) is 3.32. The Bertz CT molecular complexity index is 603. The number of benzene rings is 2. The molecule has 1 heterocycles. The minimum absolute atomic E-state index is 0.150. The van der Waals surface area contributed by atoms with E-state index in [0.717, 1.165) is 10.9 Å². The van der Waals surface area contributed by atoms with Crippen LogP contribution in [0.2, 0.25) is 0 Å². The Morgan fingerprint density at radius 1 is 1.16 bits per heavy atom. The van der Waals surface area contributed by atoms with Crippen LogP contribution >= 0.6 is 0 Å². The first-order valence-corrected chi connectivity index (χ1v) is 6.58. The molecule has 0 aliphatic carbocycles.